The molecule has 0 saturated carbocycles. The van der Waals surface area contributed by atoms with Crippen LogP contribution in [-0.4, -0.2) is 30.2 Å². The summed E-state index contributed by atoms with van der Waals surface area (Å²) in [4.78, 5) is 8.00. The van der Waals surface area contributed by atoms with Crippen molar-refractivity contribution in [2.45, 2.75) is 6.54 Å². The largest absolute Gasteiger partial charge is 0.497 e. The highest BCUT2D eigenvalue weighted by molar-refractivity contribution is 5.31. The van der Waals surface area contributed by atoms with Crippen LogP contribution in [-0.2, 0) is 6.54 Å². The van der Waals surface area contributed by atoms with Crippen molar-refractivity contribution in [3.05, 3.63) is 48.5 Å². The Hall–Kier alpha value is -2.14. The van der Waals surface area contributed by atoms with Crippen LogP contribution in [0.4, 0.5) is 0 Å². The molecule has 0 aliphatic heterocycles. The van der Waals surface area contributed by atoms with Gasteiger partial charge in [-0.15, -0.1) is 0 Å². The van der Waals surface area contributed by atoms with Gasteiger partial charge in [-0.25, -0.2) is 9.97 Å². The molecule has 1 heterocycles. The van der Waals surface area contributed by atoms with E-state index in [1.165, 1.54) is 0 Å². The minimum absolute atomic E-state index is 0.609. The smallest absolute Gasteiger partial charge is 0.119 e. The summed E-state index contributed by atoms with van der Waals surface area (Å²) < 4.78 is 10.7. The van der Waals surface area contributed by atoms with Crippen LogP contribution >= 0.6 is 0 Å². The number of hydrogen-bond acceptors (Lipinski definition) is 5. The molecule has 2 aromatic rings. The molecule has 1 aromatic carbocycles. The van der Waals surface area contributed by atoms with Gasteiger partial charge in [0.15, 0.2) is 0 Å². The zero-order valence-electron chi connectivity index (χ0n) is 10.9. The molecule has 0 spiro atoms. The van der Waals surface area contributed by atoms with Crippen molar-refractivity contribution in [1.29, 1.82) is 0 Å². The van der Waals surface area contributed by atoms with E-state index >= 15 is 0 Å². The number of aromatic nitrogens is 2. The molecule has 0 aliphatic rings. The molecule has 1 N–H and O–H groups in total. The molecule has 0 saturated heterocycles. The van der Waals surface area contributed by atoms with Gasteiger partial charge in [0.05, 0.1) is 12.8 Å². The van der Waals surface area contributed by atoms with Crippen molar-refractivity contribution in [1.82, 2.24) is 15.3 Å². The lowest BCUT2D eigenvalue weighted by atomic mass is 10.3. The molecule has 0 fully saturated rings. The van der Waals surface area contributed by atoms with E-state index in [2.05, 4.69) is 15.3 Å². The fraction of sp³-hybridized carbons (Fsp3) is 0.286. The maximum Gasteiger partial charge on any atom is 0.119 e. The first-order valence-corrected chi connectivity index (χ1v) is 6.11. The Kier molecular flexibility index (Phi) is 5.13. The minimum atomic E-state index is 0.609. The van der Waals surface area contributed by atoms with Crippen LogP contribution in [0.3, 0.4) is 0 Å². The van der Waals surface area contributed by atoms with Crippen molar-refractivity contribution >= 4 is 0 Å². The predicted molar refractivity (Wildman–Crippen MR) is 72.2 cm³/mol. The van der Waals surface area contributed by atoms with E-state index in [-0.39, 0.29) is 0 Å². The summed E-state index contributed by atoms with van der Waals surface area (Å²) in [7, 11) is 1.65. The Bertz CT molecular complexity index is 474. The lowest BCUT2D eigenvalue weighted by molar-refractivity contribution is 0.312. The summed E-state index contributed by atoms with van der Waals surface area (Å²) in [6, 6.07) is 9.43. The van der Waals surface area contributed by atoms with E-state index in [1.807, 2.05) is 30.3 Å². The van der Waals surface area contributed by atoms with Gasteiger partial charge in [-0.2, -0.15) is 0 Å². The number of benzene rings is 1. The molecule has 19 heavy (non-hydrogen) atoms. The summed E-state index contributed by atoms with van der Waals surface area (Å²) in [5.41, 5.74) is 0.972. The molecule has 0 aliphatic carbocycles. The number of methoxy groups -OCH3 is 1. The van der Waals surface area contributed by atoms with Gasteiger partial charge in [0.1, 0.15) is 24.4 Å². The van der Waals surface area contributed by atoms with E-state index < -0.39 is 0 Å². The number of nitrogens with one attached hydrogen (secondary N) is 1. The van der Waals surface area contributed by atoms with Crippen molar-refractivity contribution in [2.75, 3.05) is 20.3 Å². The topological polar surface area (TPSA) is 56.3 Å². The van der Waals surface area contributed by atoms with Gasteiger partial charge in [-0.05, 0) is 30.3 Å². The zero-order chi connectivity index (χ0) is 13.3. The van der Waals surface area contributed by atoms with Gasteiger partial charge in [-0.3, -0.25) is 0 Å². The molecule has 2 rings (SSSR count). The van der Waals surface area contributed by atoms with Crippen LogP contribution in [0.2, 0.25) is 0 Å². The van der Waals surface area contributed by atoms with Crippen LogP contribution in [0, 0.1) is 0 Å². The van der Waals surface area contributed by atoms with Crippen molar-refractivity contribution in [3.8, 4) is 11.5 Å². The third-order valence-corrected chi connectivity index (χ3v) is 2.56. The SMILES string of the molecule is COc1ccc(OCCNCc2ccncn2)cc1. The van der Waals surface area contributed by atoms with Crippen LogP contribution < -0.4 is 14.8 Å². The lowest BCUT2D eigenvalue weighted by Crippen LogP contribution is -2.21. The number of hydrogen-bond donors (Lipinski definition) is 1. The molecule has 0 bridgehead atoms. The molecular weight excluding hydrogens is 242 g/mol. The summed E-state index contributed by atoms with van der Waals surface area (Å²) in [6.45, 7) is 2.09. The summed E-state index contributed by atoms with van der Waals surface area (Å²) in [5.74, 6) is 1.67. The van der Waals surface area contributed by atoms with Crippen LogP contribution in [0.5, 0.6) is 11.5 Å². The minimum Gasteiger partial charge on any atom is -0.497 e. The average molecular weight is 259 g/mol. The first-order valence-electron chi connectivity index (χ1n) is 6.11. The fourth-order valence-corrected chi connectivity index (χ4v) is 1.55. The molecule has 5 nitrogen and oxygen atoms in total. The van der Waals surface area contributed by atoms with E-state index in [4.69, 9.17) is 9.47 Å². The number of rotatable bonds is 7. The lowest BCUT2D eigenvalue weighted by Gasteiger charge is -2.08. The summed E-state index contributed by atoms with van der Waals surface area (Å²) in [6.07, 6.45) is 3.28. The monoisotopic (exact) mass is 259 g/mol. The summed E-state index contributed by atoms with van der Waals surface area (Å²) in [5, 5.41) is 3.25. The second-order valence-electron chi connectivity index (χ2n) is 3.90. The van der Waals surface area contributed by atoms with Gasteiger partial charge in [-0.1, -0.05) is 0 Å². The van der Waals surface area contributed by atoms with Gasteiger partial charge < -0.3 is 14.8 Å². The highest BCUT2D eigenvalue weighted by Crippen LogP contribution is 2.16. The van der Waals surface area contributed by atoms with Crippen molar-refractivity contribution in [3.63, 3.8) is 0 Å². The molecule has 0 atom stereocenters. The maximum absolute atomic E-state index is 5.59. The van der Waals surface area contributed by atoms with Crippen molar-refractivity contribution < 1.29 is 9.47 Å². The molecule has 0 amide bonds. The van der Waals surface area contributed by atoms with Crippen LogP contribution in [0.15, 0.2) is 42.9 Å². The van der Waals surface area contributed by atoms with E-state index in [9.17, 15) is 0 Å². The van der Waals surface area contributed by atoms with Crippen molar-refractivity contribution in [2.24, 2.45) is 0 Å². The third-order valence-electron chi connectivity index (χ3n) is 2.56. The first kappa shape index (κ1) is 13.3. The second kappa shape index (κ2) is 7.33. The Balaban J connectivity index is 1.63. The molecule has 1 aromatic heterocycles. The molecular formula is C14H17N3O2. The predicted octanol–water partition coefficient (Wildman–Crippen LogP) is 1.65. The van der Waals surface area contributed by atoms with Gasteiger partial charge in [0.2, 0.25) is 0 Å². The Morgan fingerprint density at radius 1 is 1.11 bits per heavy atom. The average Bonchev–Trinajstić information content (AvgIpc) is 2.49. The number of ether oxygens (including phenoxy) is 2. The summed E-state index contributed by atoms with van der Waals surface area (Å²) >= 11 is 0. The van der Waals surface area contributed by atoms with Crippen LogP contribution in [0.1, 0.15) is 5.69 Å². The molecule has 0 unspecified atom stereocenters. The Labute approximate surface area is 112 Å². The Morgan fingerprint density at radius 2 is 1.89 bits per heavy atom. The van der Waals surface area contributed by atoms with Gasteiger partial charge in [0.25, 0.3) is 0 Å². The highest BCUT2D eigenvalue weighted by Gasteiger charge is 1.96. The quantitative estimate of drug-likeness (QED) is 0.766. The third kappa shape index (κ3) is 4.56. The molecule has 0 radical (unpaired) electrons. The standard InChI is InChI=1S/C14H17N3O2/c1-18-13-2-4-14(5-3-13)19-9-8-15-10-12-6-7-16-11-17-12/h2-7,11,15H,8-10H2,1H3. The number of nitrogens with zero attached hydrogens (tertiary/aromatic N) is 2. The van der Waals surface area contributed by atoms with Gasteiger partial charge in [0, 0.05) is 19.3 Å². The second-order valence-corrected chi connectivity index (χ2v) is 3.90. The first-order chi connectivity index (χ1) is 9.38. The van der Waals surface area contributed by atoms with Crippen LogP contribution in [0.25, 0.3) is 0 Å². The maximum atomic E-state index is 5.59. The highest BCUT2D eigenvalue weighted by atomic mass is 16.5. The normalized spacial score (nSPS) is 10.2. The van der Waals surface area contributed by atoms with E-state index in [1.54, 1.807) is 19.6 Å². The Morgan fingerprint density at radius 3 is 2.58 bits per heavy atom. The molecule has 100 valence electrons. The van der Waals surface area contributed by atoms with Gasteiger partial charge >= 0.3 is 0 Å². The van der Waals surface area contributed by atoms with E-state index in [0.717, 1.165) is 23.7 Å². The van der Waals surface area contributed by atoms with E-state index in [0.29, 0.717) is 13.2 Å². The molecule has 5 heteroatoms. The fourth-order valence-electron chi connectivity index (χ4n) is 1.55. The zero-order valence-corrected chi connectivity index (χ0v) is 10.9.